The van der Waals surface area contributed by atoms with Gasteiger partial charge in [-0.3, -0.25) is 19.3 Å². The van der Waals surface area contributed by atoms with Crippen molar-refractivity contribution in [1.82, 2.24) is 9.80 Å². The molecule has 1 aromatic carbocycles. The summed E-state index contributed by atoms with van der Waals surface area (Å²) in [6, 6.07) is 7.66. The molecule has 5 amide bonds. The van der Waals surface area contributed by atoms with Crippen molar-refractivity contribution in [2.24, 2.45) is 0 Å². The summed E-state index contributed by atoms with van der Waals surface area (Å²) in [4.78, 5) is 50.6. The molecule has 28 heavy (non-hydrogen) atoms. The monoisotopic (exact) mass is 409 g/mol. The van der Waals surface area contributed by atoms with Crippen molar-refractivity contribution in [1.29, 1.82) is 0 Å². The normalized spacial score (nSPS) is 14.2. The third-order valence-corrected chi connectivity index (χ3v) is 4.56. The van der Waals surface area contributed by atoms with Crippen LogP contribution in [0.5, 0.6) is 5.75 Å². The number of nitrogens with one attached hydrogen (secondary N) is 1. The summed E-state index contributed by atoms with van der Waals surface area (Å²) in [6.07, 6.45) is 0. The van der Waals surface area contributed by atoms with Gasteiger partial charge in [-0.25, -0.2) is 9.69 Å². The van der Waals surface area contributed by atoms with Crippen molar-refractivity contribution < 1.29 is 32.7 Å². The summed E-state index contributed by atoms with van der Waals surface area (Å²) < 4.78 is 28.4. The second-order valence-corrected chi connectivity index (χ2v) is 6.63. The van der Waals surface area contributed by atoms with E-state index >= 15 is 0 Å². The Morgan fingerprint density at radius 1 is 1.07 bits per heavy atom. The second kappa shape index (κ2) is 8.13. The molecule has 0 atom stereocenters. The molecule has 0 spiro atoms. The van der Waals surface area contributed by atoms with Crippen LogP contribution < -0.4 is 10.1 Å². The van der Waals surface area contributed by atoms with Gasteiger partial charge in [0.2, 0.25) is 5.91 Å². The lowest BCUT2D eigenvalue weighted by atomic mass is 10.3. The number of carbonyl (C=O) groups is 4. The number of thiophene rings is 1. The molecular formula is C17H13F2N3O5S. The molecule has 2 aromatic rings. The number of amides is 5. The third kappa shape index (κ3) is 4.31. The van der Waals surface area contributed by atoms with Crippen LogP contribution in [0.25, 0.3) is 0 Å². The molecule has 1 saturated heterocycles. The van der Waals surface area contributed by atoms with Crippen molar-refractivity contribution in [3.8, 4) is 5.75 Å². The van der Waals surface area contributed by atoms with E-state index in [0.29, 0.717) is 9.78 Å². The zero-order chi connectivity index (χ0) is 20.3. The summed E-state index contributed by atoms with van der Waals surface area (Å²) in [5.41, 5.74) is 0.243. The lowest BCUT2D eigenvalue weighted by molar-refractivity contribution is -0.143. The van der Waals surface area contributed by atoms with Gasteiger partial charge in [0.25, 0.3) is 0 Å². The summed E-state index contributed by atoms with van der Waals surface area (Å²) >= 11 is 1.32. The third-order valence-electron chi connectivity index (χ3n) is 3.69. The number of hydrogen-bond donors (Lipinski definition) is 1. The van der Waals surface area contributed by atoms with Crippen LogP contribution in [0.15, 0.2) is 41.8 Å². The van der Waals surface area contributed by atoms with Crippen molar-refractivity contribution in [3.05, 3.63) is 46.7 Å². The lowest BCUT2D eigenvalue weighted by Crippen LogP contribution is -2.38. The predicted octanol–water partition coefficient (Wildman–Crippen LogP) is 2.28. The Bertz CT molecular complexity index is 902. The second-order valence-electron chi connectivity index (χ2n) is 5.60. The minimum absolute atomic E-state index is 0.0508. The van der Waals surface area contributed by atoms with Gasteiger partial charge >= 0.3 is 24.5 Å². The Labute approximate surface area is 161 Å². The number of alkyl halides is 2. The van der Waals surface area contributed by atoms with Gasteiger partial charge in [0.15, 0.2) is 0 Å². The molecule has 146 valence electrons. The van der Waals surface area contributed by atoms with Crippen LogP contribution in [-0.2, 0) is 20.9 Å². The number of benzene rings is 1. The predicted molar refractivity (Wildman–Crippen MR) is 93.7 cm³/mol. The van der Waals surface area contributed by atoms with Gasteiger partial charge in [-0.2, -0.15) is 8.78 Å². The summed E-state index contributed by atoms with van der Waals surface area (Å²) in [5, 5.41) is 4.18. The van der Waals surface area contributed by atoms with Crippen molar-refractivity contribution in [2.45, 2.75) is 13.2 Å². The van der Waals surface area contributed by atoms with Crippen LogP contribution >= 0.6 is 11.3 Å². The molecular weight excluding hydrogens is 396 g/mol. The van der Waals surface area contributed by atoms with Crippen LogP contribution in [0.1, 0.15) is 4.88 Å². The summed E-state index contributed by atoms with van der Waals surface area (Å²) in [5.74, 6) is -2.90. The number of carbonyl (C=O) groups excluding carboxylic acids is 4. The standard InChI is InChI=1S/C17H13F2N3O5S/c18-16(19)27-11-5-3-10(4-6-11)20-13(23)9-22-15(25)14(24)21(17(22)26)8-12-2-1-7-28-12/h1-7,16H,8-9H2,(H,20,23). The molecule has 0 saturated carbocycles. The molecule has 8 nitrogen and oxygen atoms in total. The van der Waals surface area contributed by atoms with Gasteiger partial charge in [0, 0.05) is 10.6 Å². The van der Waals surface area contributed by atoms with Gasteiger partial charge in [0.1, 0.15) is 12.3 Å². The van der Waals surface area contributed by atoms with E-state index in [2.05, 4.69) is 10.1 Å². The van der Waals surface area contributed by atoms with Gasteiger partial charge in [-0.05, 0) is 35.7 Å². The number of rotatable bonds is 7. The maximum atomic E-state index is 12.3. The highest BCUT2D eigenvalue weighted by Gasteiger charge is 2.45. The number of imide groups is 2. The Balaban J connectivity index is 1.61. The topological polar surface area (TPSA) is 96.0 Å². The van der Waals surface area contributed by atoms with Crippen LogP contribution in [0.4, 0.5) is 19.3 Å². The molecule has 0 aliphatic carbocycles. The van der Waals surface area contributed by atoms with Crippen molar-refractivity contribution in [3.63, 3.8) is 0 Å². The number of nitrogens with zero attached hydrogens (tertiary/aromatic N) is 2. The minimum Gasteiger partial charge on any atom is -0.435 e. The van der Waals surface area contributed by atoms with Crippen LogP contribution in [0, 0.1) is 0 Å². The van der Waals surface area contributed by atoms with E-state index in [1.165, 1.54) is 35.6 Å². The Kier molecular flexibility index (Phi) is 5.64. The highest BCUT2D eigenvalue weighted by molar-refractivity contribution is 7.09. The number of hydrogen-bond acceptors (Lipinski definition) is 6. The summed E-state index contributed by atoms with van der Waals surface area (Å²) in [6.45, 7) is -3.67. The first-order valence-corrected chi connectivity index (χ1v) is 8.77. The zero-order valence-corrected chi connectivity index (χ0v) is 14.9. The molecule has 3 rings (SSSR count). The van der Waals surface area contributed by atoms with E-state index in [9.17, 15) is 28.0 Å². The number of urea groups is 1. The smallest absolute Gasteiger partial charge is 0.387 e. The Morgan fingerprint density at radius 2 is 1.75 bits per heavy atom. The fraction of sp³-hybridized carbons (Fsp3) is 0.176. The highest BCUT2D eigenvalue weighted by Crippen LogP contribution is 2.20. The van der Waals surface area contributed by atoms with Gasteiger partial charge < -0.3 is 10.1 Å². The first-order valence-electron chi connectivity index (χ1n) is 7.89. The van der Waals surface area contributed by atoms with E-state index in [4.69, 9.17) is 0 Å². The maximum Gasteiger partial charge on any atom is 0.387 e. The average Bonchev–Trinajstić information content (AvgIpc) is 3.22. The van der Waals surface area contributed by atoms with Crippen molar-refractivity contribution in [2.75, 3.05) is 11.9 Å². The molecule has 1 N–H and O–H groups in total. The minimum atomic E-state index is -2.97. The number of ether oxygens (including phenoxy) is 1. The van der Waals surface area contributed by atoms with E-state index in [1.54, 1.807) is 17.5 Å². The van der Waals surface area contributed by atoms with Crippen LogP contribution in [0.3, 0.4) is 0 Å². The highest BCUT2D eigenvalue weighted by atomic mass is 32.1. The number of halogens is 2. The molecule has 0 unspecified atom stereocenters. The first-order chi connectivity index (χ1) is 13.3. The maximum absolute atomic E-state index is 12.3. The molecule has 1 aliphatic rings. The fourth-order valence-electron chi connectivity index (χ4n) is 2.45. The number of anilines is 1. The van der Waals surface area contributed by atoms with Gasteiger partial charge in [0.05, 0.1) is 6.54 Å². The van der Waals surface area contributed by atoms with E-state index in [0.717, 1.165) is 4.90 Å². The van der Waals surface area contributed by atoms with Crippen molar-refractivity contribution >= 4 is 40.8 Å². The van der Waals surface area contributed by atoms with E-state index < -0.39 is 36.9 Å². The molecule has 2 heterocycles. The molecule has 1 aliphatic heterocycles. The van der Waals surface area contributed by atoms with E-state index in [1.807, 2.05) is 0 Å². The van der Waals surface area contributed by atoms with Crippen LogP contribution in [0.2, 0.25) is 0 Å². The van der Waals surface area contributed by atoms with Gasteiger partial charge in [-0.1, -0.05) is 6.07 Å². The van der Waals surface area contributed by atoms with Gasteiger partial charge in [-0.15, -0.1) is 11.3 Å². The summed E-state index contributed by atoms with van der Waals surface area (Å²) in [7, 11) is 0. The van der Waals surface area contributed by atoms with Crippen LogP contribution in [-0.4, -0.2) is 46.7 Å². The molecule has 0 radical (unpaired) electrons. The zero-order valence-electron chi connectivity index (χ0n) is 14.1. The lowest BCUT2D eigenvalue weighted by Gasteiger charge is -2.15. The quantitative estimate of drug-likeness (QED) is 0.559. The van der Waals surface area contributed by atoms with E-state index in [-0.39, 0.29) is 18.0 Å². The largest absolute Gasteiger partial charge is 0.435 e. The Hall–Kier alpha value is -3.34. The fourth-order valence-corrected chi connectivity index (χ4v) is 3.14. The first kappa shape index (κ1) is 19.4. The molecule has 11 heteroatoms. The SMILES string of the molecule is O=C(CN1C(=O)C(=O)N(Cc2cccs2)C1=O)Nc1ccc(OC(F)F)cc1. The Morgan fingerprint density at radius 3 is 2.36 bits per heavy atom. The average molecular weight is 409 g/mol. The molecule has 0 bridgehead atoms. The molecule has 1 aromatic heterocycles. The molecule has 1 fully saturated rings.